The maximum Gasteiger partial charge on any atom is 0.407 e. The Bertz CT molecular complexity index is 626. The first kappa shape index (κ1) is 16.3. The first-order valence-electron chi connectivity index (χ1n) is 7.11. The van der Waals surface area contributed by atoms with Gasteiger partial charge in [0, 0.05) is 18.8 Å². The van der Waals surface area contributed by atoms with Crippen LogP contribution in [0.25, 0.3) is 5.69 Å². The highest BCUT2D eigenvalue weighted by molar-refractivity contribution is 5.89. The van der Waals surface area contributed by atoms with Crippen molar-refractivity contribution in [3.8, 4) is 5.69 Å². The summed E-state index contributed by atoms with van der Waals surface area (Å²) in [4.78, 5) is 24.2. The summed E-state index contributed by atoms with van der Waals surface area (Å²) in [5.41, 5.74) is 1.43. The van der Waals surface area contributed by atoms with Crippen LogP contribution >= 0.6 is 0 Å². The van der Waals surface area contributed by atoms with Gasteiger partial charge in [-0.2, -0.15) is 15.0 Å². The number of aromatic nitrogens is 3. The van der Waals surface area contributed by atoms with Crippen molar-refractivity contribution in [2.45, 2.75) is 6.92 Å². The van der Waals surface area contributed by atoms with E-state index in [1.807, 2.05) is 0 Å². The number of nitrogens with one attached hydrogen (secondary N) is 3. The van der Waals surface area contributed by atoms with Crippen LogP contribution in [0.4, 0.5) is 15.3 Å². The number of rotatable bonds is 6. The second-order valence-corrected chi connectivity index (χ2v) is 4.39. The molecule has 0 aliphatic rings. The molecule has 3 N–H and O–H groups in total. The summed E-state index contributed by atoms with van der Waals surface area (Å²) in [6, 6.07) is 6.71. The number of benzene rings is 1. The zero-order chi connectivity index (χ0) is 16.5. The van der Waals surface area contributed by atoms with Crippen LogP contribution in [0.5, 0.6) is 0 Å². The van der Waals surface area contributed by atoms with Gasteiger partial charge in [-0.1, -0.05) is 0 Å². The van der Waals surface area contributed by atoms with Crippen LogP contribution < -0.4 is 16.0 Å². The predicted octanol–water partition coefficient (Wildman–Crippen LogP) is 1.13. The lowest BCUT2D eigenvalue weighted by atomic mass is 10.3. The first-order valence-corrected chi connectivity index (χ1v) is 7.11. The largest absolute Gasteiger partial charge is 0.450 e. The summed E-state index contributed by atoms with van der Waals surface area (Å²) in [5.74, 6) is 0. The summed E-state index contributed by atoms with van der Waals surface area (Å²) in [6.07, 6.45) is 2.67. The van der Waals surface area contributed by atoms with Gasteiger partial charge >= 0.3 is 12.1 Å². The molecule has 0 atom stereocenters. The number of carbonyl (C=O) groups is 2. The molecule has 0 bridgehead atoms. The highest BCUT2D eigenvalue weighted by atomic mass is 16.5. The van der Waals surface area contributed by atoms with Crippen LogP contribution in [0.3, 0.4) is 0 Å². The maximum atomic E-state index is 11.7. The molecule has 0 unspecified atom stereocenters. The van der Waals surface area contributed by atoms with Crippen molar-refractivity contribution in [3.05, 3.63) is 36.7 Å². The monoisotopic (exact) mass is 318 g/mol. The molecule has 1 heterocycles. The summed E-state index contributed by atoms with van der Waals surface area (Å²) < 4.78 is 4.70. The van der Waals surface area contributed by atoms with Crippen molar-refractivity contribution >= 4 is 17.8 Å². The quantitative estimate of drug-likeness (QED) is 0.692. The van der Waals surface area contributed by atoms with Gasteiger partial charge in [0.2, 0.25) is 0 Å². The standard InChI is InChI=1S/C14H18N6O3/c1-2-23-14(22)16-8-7-15-13(21)19-11-3-5-12(6-4-11)20-17-9-10-18-20/h3-6,9-10H,2,7-8H2,1H3,(H,16,22)(H2,15,19,21). The van der Waals surface area contributed by atoms with Crippen LogP contribution in [0.15, 0.2) is 36.7 Å². The molecule has 2 rings (SSSR count). The second kappa shape index (κ2) is 8.37. The number of nitrogens with zero attached hydrogens (tertiary/aromatic N) is 3. The summed E-state index contributed by atoms with van der Waals surface area (Å²) in [7, 11) is 0. The van der Waals surface area contributed by atoms with Gasteiger partial charge in [0.25, 0.3) is 0 Å². The van der Waals surface area contributed by atoms with Crippen LogP contribution in [-0.4, -0.2) is 46.8 Å². The number of amides is 3. The van der Waals surface area contributed by atoms with Crippen molar-refractivity contribution < 1.29 is 14.3 Å². The van der Waals surface area contributed by atoms with Gasteiger partial charge in [-0.05, 0) is 31.2 Å². The highest BCUT2D eigenvalue weighted by Crippen LogP contribution is 2.11. The minimum absolute atomic E-state index is 0.288. The van der Waals surface area contributed by atoms with Crippen molar-refractivity contribution in [2.24, 2.45) is 0 Å². The first-order chi connectivity index (χ1) is 11.2. The fourth-order valence-corrected chi connectivity index (χ4v) is 1.73. The zero-order valence-electron chi connectivity index (χ0n) is 12.7. The molecule has 0 fully saturated rings. The molecule has 0 aliphatic heterocycles. The van der Waals surface area contributed by atoms with Crippen molar-refractivity contribution in [1.29, 1.82) is 0 Å². The third kappa shape index (κ3) is 5.30. The Kier molecular flexibility index (Phi) is 5.92. The summed E-state index contributed by atoms with van der Waals surface area (Å²) in [5, 5.41) is 15.8. The number of hydrogen-bond donors (Lipinski definition) is 3. The second-order valence-electron chi connectivity index (χ2n) is 4.39. The Hall–Kier alpha value is -3.10. The molecule has 9 heteroatoms. The molecule has 0 aliphatic carbocycles. The number of carbonyl (C=O) groups excluding carboxylic acids is 2. The van der Waals surface area contributed by atoms with Crippen LogP contribution in [0.1, 0.15) is 6.92 Å². The Morgan fingerprint density at radius 1 is 1.09 bits per heavy atom. The van der Waals surface area contributed by atoms with Gasteiger partial charge < -0.3 is 20.7 Å². The molecule has 23 heavy (non-hydrogen) atoms. The van der Waals surface area contributed by atoms with E-state index in [1.165, 1.54) is 4.80 Å². The molecule has 0 spiro atoms. The lowest BCUT2D eigenvalue weighted by molar-refractivity contribution is 0.152. The van der Waals surface area contributed by atoms with Crippen LogP contribution in [0, 0.1) is 0 Å². The van der Waals surface area contributed by atoms with Crippen LogP contribution in [-0.2, 0) is 4.74 Å². The Morgan fingerprint density at radius 3 is 2.39 bits per heavy atom. The lowest BCUT2D eigenvalue weighted by Gasteiger charge is -2.09. The highest BCUT2D eigenvalue weighted by Gasteiger charge is 2.03. The van der Waals surface area contributed by atoms with E-state index in [0.29, 0.717) is 18.8 Å². The van der Waals surface area contributed by atoms with E-state index in [1.54, 1.807) is 43.6 Å². The third-order valence-corrected chi connectivity index (χ3v) is 2.73. The maximum absolute atomic E-state index is 11.7. The molecule has 3 amide bonds. The van der Waals surface area contributed by atoms with Gasteiger partial charge in [0.05, 0.1) is 24.7 Å². The fourth-order valence-electron chi connectivity index (χ4n) is 1.73. The Morgan fingerprint density at radius 2 is 1.74 bits per heavy atom. The molecule has 0 radical (unpaired) electrons. The van der Waals surface area contributed by atoms with Crippen LogP contribution in [0.2, 0.25) is 0 Å². The lowest BCUT2D eigenvalue weighted by Crippen LogP contribution is -2.37. The summed E-state index contributed by atoms with van der Waals surface area (Å²) >= 11 is 0. The molecule has 1 aromatic carbocycles. The van der Waals surface area contributed by atoms with Crippen molar-refractivity contribution in [2.75, 3.05) is 25.0 Å². The van der Waals surface area contributed by atoms with Gasteiger partial charge in [-0.25, -0.2) is 9.59 Å². The fraction of sp³-hybridized carbons (Fsp3) is 0.286. The molecule has 1 aromatic heterocycles. The number of ether oxygens (including phenoxy) is 1. The van der Waals surface area contributed by atoms with E-state index >= 15 is 0 Å². The zero-order valence-corrected chi connectivity index (χ0v) is 12.7. The predicted molar refractivity (Wildman–Crippen MR) is 83.4 cm³/mol. The van der Waals surface area contributed by atoms with E-state index in [9.17, 15) is 9.59 Å². The van der Waals surface area contributed by atoms with Gasteiger partial charge in [0.15, 0.2) is 0 Å². The molecular weight excluding hydrogens is 300 g/mol. The average Bonchev–Trinajstić information content (AvgIpc) is 3.07. The van der Waals surface area contributed by atoms with E-state index in [4.69, 9.17) is 4.74 Å². The average molecular weight is 318 g/mol. The van der Waals surface area contributed by atoms with E-state index in [-0.39, 0.29) is 12.6 Å². The molecule has 0 saturated carbocycles. The minimum atomic E-state index is -0.502. The Labute approximate surface area is 133 Å². The smallest absolute Gasteiger partial charge is 0.407 e. The molecular formula is C14H18N6O3. The van der Waals surface area contributed by atoms with Gasteiger partial charge in [-0.3, -0.25) is 0 Å². The van der Waals surface area contributed by atoms with Crippen molar-refractivity contribution in [1.82, 2.24) is 25.6 Å². The number of anilines is 1. The third-order valence-electron chi connectivity index (χ3n) is 2.73. The van der Waals surface area contributed by atoms with E-state index < -0.39 is 6.09 Å². The van der Waals surface area contributed by atoms with E-state index in [2.05, 4.69) is 26.1 Å². The molecule has 0 saturated heterocycles. The number of hydrogen-bond acceptors (Lipinski definition) is 5. The molecule has 2 aromatic rings. The SMILES string of the molecule is CCOC(=O)NCCNC(=O)Nc1ccc(-n2nccn2)cc1. The number of alkyl carbamates (subject to hydrolysis) is 1. The number of urea groups is 1. The molecule has 9 nitrogen and oxygen atoms in total. The van der Waals surface area contributed by atoms with Crippen molar-refractivity contribution in [3.63, 3.8) is 0 Å². The Balaban J connectivity index is 1.72. The van der Waals surface area contributed by atoms with Gasteiger partial charge in [-0.15, -0.1) is 0 Å². The normalized spacial score (nSPS) is 9.96. The molecule has 122 valence electrons. The van der Waals surface area contributed by atoms with E-state index in [0.717, 1.165) is 5.69 Å². The summed E-state index contributed by atoms with van der Waals surface area (Å²) in [6.45, 7) is 2.61. The van der Waals surface area contributed by atoms with Gasteiger partial charge in [0.1, 0.15) is 0 Å². The topological polar surface area (TPSA) is 110 Å². The minimum Gasteiger partial charge on any atom is -0.450 e.